The first-order chi connectivity index (χ1) is 4.89. The van der Waals surface area contributed by atoms with Gasteiger partial charge in [-0.3, -0.25) is 4.79 Å². The number of nitrogens with one attached hydrogen (secondary N) is 1. The van der Waals surface area contributed by atoms with Gasteiger partial charge in [-0.15, -0.1) is 0 Å². The Morgan fingerprint density at radius 3 is 2.18 bits per heavy atom. The van der Waals surface area contributed by atoms with Gasteiger partial charge in [0, 0.05) is 6.54 Å². The second-order valence-electron chi connectivity index (χ2n) is 1.99. The van der Waals surface area contributed by atoms with Gasteiger partial charge in [0.1, 0.15) is 0 Å². The van der Waals surface area contributed by atoms with E-state index < -0.39 is 24.6 Å². The summed E-state index contributed by atoms with van der Waals surface area (Å²) >= 11 is 0. The van der Waals surface area contributed by atoms with Crippen LogP contribution in [0.1, 0.15) is 0 Å². The largest absolute Gasteiger partial charge is 0.481 e. The highest BCUT2D eigenvalue weighted by molar-refractivity contribution is 5.71. The number of alkyl halides is 3. The molecule has 3 nitrogen and oxygen atoms in total. The topological polar surface area (TPSA) is 49.3 Å². The average molecular weight is 171 g/mol. The van der Waals surface area contributed by atoms with E-state index in [1.807, 2.05) is 0 Å². The van der Waals surface area contributed by atoms with Crippen LogP contribution in [0.5, 0.6) is 0 Å². The van der Waals surface area contributed by atoms with Crippen molar-refractivity contribution in [2.24, 2.45) is 5.92 Å². The molecule has 0 bridgehead atoms. The number of carboxylic acid groups (broad SMARTS) is 1. The fourth-order valence-electron chi connectivity index (χ4n) is 0.547. The first-order valence-electron chi connectivity index (χ1n) is 2.83. The predicted octanol–water partition coefficient (Wildman–Crippen LogP) is 0.469. The summed E-state index contributed by atoms with van der Waals surface area (Å²) in [6.45, 7) is -0.598. The monoisotopic (exact) mass is 171 g/mol. The third-order valence-electron chi connectivity index (χ3n) is 1.10. The van der Waals surface area contributed by atoms with Gasteiger partial charge in [0.25, 0.3) is 0 Å². The number of aliphatic carboxylic acids is 1. The third-order valence-corrected chi connectivity index (χ3v) is 1.10. The van der Waals surface area contributed by atoms with Crippen LogP contribution in [0.3, 0.4) is 0 Å². The van der Waals surface area contributed by atoms with Crippen LogP contribution in [0.15, 0.2) is 0 Å². The highest BCUT2D eigenvalue weighted by atomic mass is 19.4. The molecular formula is C5H8F3NO2. The van der Waals surface area contributed by atoms with E-state index >= 15 is 0 Å². The van der Waals surface area contributed by atoms with Crippen LogP contribution >= 0.6 is 0 Å². The van der Waals surface area contributed by atoms with Gasteiger partial charge in [-0.1, -0.05) is 0 Å². The standard InChI is InChI=1S/C5H8F3NO2/c1-9-2-3(4(10)11)5(6,7)8/h3,9H,2H2,1H3,(H,10,11). The molecular weight excluding hydrogens is 163 g/mol. The van der Waals surface area contributed by atoms with Gasteiger partial charge in [-0.25, -0.2) is 0 Å². The molecule has 66 valence electrons. The molecule has 0 aliphatic carbocycles. The minimum atomic E-state index is -4.67. The summed E-state index contributed by atoms with van der Waals surface area (Å²) in [5.41, 5.74) is 0. The van der Waals surface area contributed by atoms with Crippen molar-refractivity contribution in [2.45, 2.75) is 6.18 Å². The van der Waals surface area contributed by atoms with Crippen LogP contribution in [0.25, 0.3) is 0 Å². The summed E-state index contributed by atoms with van der Waals surface area (Å²) in [5, 5.41) is 10.2. The van der Waals surface area contributed by atoms with E-state index in [4.69, 9.17) is 5.11 Å². The van der Waals surface area contributed by atoms with Crippen LogP contribution in [0.2, 0.25) is 0 Å². The second kappa shape index (κ2) is 3.56. The lowest BCUT2D eigenvalue weighted by atomic mass is 10.1. The molecule has 0 spiro atoms. The molecule has 0 aromatic heterocycles. The number of halogens is 3. The first-order valence-corrected chi connectivity index (χ1v) is 2.83. The predicted molar refractivity (Wildman–Crippen MR) is 31.1 cm³/mol. The molecule has 0 amide bonds. The molecule has 0 radical (unpaired) electrons. The molecule has 0 aliphatic rings. The lowest BCUT2D eigenvalue weighted by Gasteiger charge is -2.14. The van der Waals surface area contributed by atoms with E-state index in [-0.39, 0.29) is 0 Å². The Labute approximate surface area is 61.2 Å². The van der Waals surface area contributed by atoms with Gasteiger partial charge in [-0.2, -0.15) is 13.2 Å². The fraction of sp³-hybridized carbons (Fsp3) is 0.800. The second-order valence-corrected chi connectivity index (χ2v) is 1.99. The molecule has 0 aliphatic heterocycles. The summed E-state index contributed by atoms with van der Waals surface area (Å²) < 4.78 is 35.2. The zero-order valence-electron chi connectivity index (χ0n) is 5.77. The van der Waals surface area contributed by atoms with Crippen LogP contribution in [0, 0.1) is 5.92 Å². The quantitative estimate of drug-likeness (QED) is 0.648. The van der Waals surface area contributed by atoms with Gasteiger partial charge in [0.15, 0.2) is 5.92 Å². The van der Waals surface area contributed by atoms with E-state index in [2.05, 4.69) is 5.32 Å². The van der Waals surface area contributed by atoms with Crippen molar-refractivity contribution in [1.29, 1.82) is 0 Å². The minimum Gasteiger partial charge on any atom is -0.481 e. The fourth-order valence-corrected chi connectivity index (χ4v) is 0.547. The number of hydrogen-bond donors (Lipinski definition) is 2. The summed E-state index contributed by atoms with van der Waals surface area (Å²) in [7, 11) is 1.27. The Balaban J connectivity index is 4.22. The van der Waals surface area contributed by atoms with Gasteiger partial charge in [-0.05, 0) is 7.05 Å². The van der Waals surface area contributed by atoms with Crippen molar-refractivity contribution in [3.05, 3.63) is 0 Å². The summed E-state index contributed by atoms with van der Waals surface area (Å²) in [4.78, 5) is 9.98. The maximum atomic E-state index is 11.7. The smallest absolute Gasteiger partial charge is 0.403 e. The zero-order valence-corrected chi connectivity index (χ0v) is 5.77. The van der Waals surface area contributed by atoms with Gasteiger partial charge < -0.3 is 10.4 Å². The molecule has 0 fully saturated rings. The Kier molecular flexibility index (Phi) is 3.31. The maximum absolute atomic E-state index is 11.7. The highest BCUT2D eigenvalue weighted by Crippen LogP contribution is 2.25. The normalized spacial score (nSPS) is 14.5. The third kappa shape index (κ3) is 3.22. The summed E-state index contributed by atoms with van der Waals surface area (Å²) in [6, 6.07) is 0. The SMILES string of the molecule is CNCC(C(=O)O)C(F)(F)F. The lowest BCUT2D eigenvalue weighted by molar-refractivity contribution is -0.192. The lowest BCUT2D eigenvalue weighted by Crippen LogP contribution is -2.37. The average Bonchev–Trinajstić information content (AvgIpc) is 1.79. The molecule has 0 saturated heterocycles. The van der Waals surface area contributed by atoms with Crippen molar-refractivity contribution in [3.63, 3.8) is 0 Å². The van der Waals surface area contributed by atoms with Crippen LogP contribution in [-0.4, -0.2) is 30.8 Å². The van der Waals surface area contributed by atoms with Crippen molar-refractivity contribution in [1.82, 2.24) is 5.32 Å². The number of rotatable bonds is 3. The maximum Gasteiger partial charge on any atom is 0.403 e. The summed E-state index contributed by atoms with van der Waals surface area (Å²) in [6.07, 6.45) is -4.67. The van der Waals surface area contributed by atoms with Gasteiger partial charge in [0.05, 0.1) is 0 Å². The van der Waals surface area contributed by atoms with Gasteiger partial charge in [0.2, 0.25) is 0 Å². The Morgan fingerprint density at radius 1 is 1.64 bits per heavy atom. The Bertz CT molecular complexity index is 145. The molecule has 1 atom stereocenters. The van der Waals surface area contributed by atoms with E-state index in [1.165, 1.54) is 7.05 Å². The molecule has 0 saturated carbocycles. The van der Waals surface area contributed by atoms with Crippen molar-refractivity contribution in [2.75, 3.05) is 13.6 Å². The zero-order chi connectivity index (χ0) is 9.07. The number of carbonyl (C=O) groups is 1. The molecule has 2 N–H and O–H groups in total. The molecule has 6 heteroatoms. The van der Waals surface area contributed by atoms with Crippen molar-refractivity contribution >= 4 is 5.97 Å². The number of carboxylic acids is 1. The highest BCUT2D eigenvalue weighted by Gasteiger charge is 2.44. The summed E-state index contributed by atoms with van der Waals surface area (Å²) in [5.74, 6) is -4.17. The van der Waals surface area contributed by atoms with E-state index in [1.54, 1.807) is 0 Å². The molecule has 0 aromatic rings. The Morgan fingerprint density at radius 2 is 2.09 bits per heavy atom. The van der Waals surface area contributed by atoms with Crippen molar-refractivity contribution in [3.8, 4) is 0 Å². The minimum absolute atomic E-state index is 0.598. The van der Waals surface area contributed by atoms with Crippen LogP contribution < -0.4 is 5.32 Å². The van der Waals surface area contributed by atoms with E-state index in [0.717, 1.165) is 0 Å². The molecule has 1 unspecified atom stereocenters. The molecule has 11 heavy (non-hydrogen) atoms. The van der Waals surface area contributed by atoms with Crippen LogP contribution in [0.4, 0.5) is 13.2 Å². The molecule has 0 rings (SSSR count). The Hall–Kier alpha value is -0.780. The first kappa shape index (κ1) is 10.2. The van der Waals surface area contributed by atoms with Crippen LogP contribution in [-0.2, 0) is 4.79 Å². The molecule has 0 heterocycles. The van der Waals surface area contributed by atoms with E-state index in [9.17, 15) is 18.0 Å². The van der Waals surface area contributed by atoms with E-state index in [0.29, 0.717) is 0 Å². The van der Waals surface area contributed by atoms with Crippen molar-refractivity contribution < 1.29 is 23.1 Å². The number of hydrogen-bond acceptors (Lipinski definition) is 2. The molecule has 0 aromatic carbocycles. The van der Waals surface area contributed by atoms with Gasteiger partial charge >= 0.3 is 12.1 Å².